The fraction of sp³-hybridized carbons (Fsp3) is 0.222. The van der Waals surface area contributed by atoms with Crippen molar-refractivity contribution >= 4 is 51.8 Å². The Morgan fingerprint density at radius 2 is 2.00 bits per heavy atom. The first-order chi connectivity index (χ1) is 12.8. The summed E-state index contributed by atoms with van der Waals surface area (Å²) in [7, 11) is 1.19. The van der Waals surface area contributed by atoms with Crippen LogP contribution in [0.3, 0.4) is 0 Å². The van der Waals surface area contributed by atoms with Gasteiger partial charge in [-0.3, -0.25) is 19.3 Å². The van der Waals surface area contributed by atoms with Gasteiger partial charge in [-0.1, -0.05) is 18.2 Å². The Bertz CT molecular complexity index is 993. The molecule has 0 unspecified atom stereocenters. The van der Waals surface area contributed by atoms with Crippen LogP contribution in [-0.2, 0) is 25.7 Å². The number of rotatable bonds is 5. The highest BCUT2D eigenvalue weighted by atomic mass is 32.2. The van der Waals surface area contributed by atoms with Crippen molar-refractivity contribution in [3.63, 3.8) is 0 Å². The topological polar surface area (TPSA) is 106 Å². The normalized spacial score (nSPS) is 17.0. The van der Waals surface area contributed by atoms with Crippen LogP contribution in [0, 0.1) is 0 Å². The summed E-state index contributed by atoms with van der Waals surface area (Å²) in [6, 6.07) is 6.15. The van der Waals surface area contributed by atoms with E-state index in [4.69, 9.17) is 5.11 Å². The maximum absolute atomic E-state index is 12.6. The van der Waals surface area contributed by atoms with Crippen molar-refractivity contribution < 1.29 is 29.0 Å². The van der Waals surface area contributed by atoms with E-state index in [0.717, 1.165) is 22.0 Å². The molecule has 0 saturated carbocycles. The highest BCUT2D eigenvalue weighted by Crippen LogP contribution is 2.35. The van der Waals surface area contributed by atoms with E-state index in [1.165, 1.54) is 20.1 Å². The predicted octanol–water partition coefficient (Wildman–Crippen LogP) is 2.32. The Morgan fingerprint density at radius 1 is 1.30 bits per heavy atom. The molecule has 1 aromatic heterocycles. The molecule has 3 rings (SSSR count). The van der Waals surface area contributed by atoms with Crippen LogP contribution in [0.25, 0.3) is 17.0 Å². The third-order valence-corrected chi connectivity index (χ3v) is 5.05. The molecule has 1 saturated heterocycles. The zero-order valence-electron chi connectivity index (χ0n) is 14.5. The summed E-state index contributed by atoms with van der Waals surface area (Å²) in [6.45, 7) is 1.19. The molecule has 0 aliphatic carbocycles. The number of para-hydroxylation sites is 1. The predicted molar refractivity (Wildman–Crippen MR) is 98.9 cm³/mol. The van der Waals surface area contributed by atoms with Crippen LogP contribution < -0.4 is 0 Å². The summed E-state index contributed by atoms with van der Waals surface area (Å²) in [5, 5.41) is 9.28. The lowest BCUT2D eigenvalue weighted by Crippen LogP contribution is -2.42. The molecule has 9 heteroatoms. The number of nitrogens with zero attached hydrogens (tertiary/aromatic N) is 2. The lowest BCUT2D eigenvalue weighted by Gasteiger charge is -2.18. The van der Waals surface area contributed by atoms with Gasteiger partial charge in [0.05, 0.1) is 12.0 Å². The lowest BCUT2D eigenvalue weighted by molar-refractivity contribution is -0.148. The number of fused-ring (bicyclic) bond motifs is 1. The van der Waals surface area contributed by atoms with E-state index in [2.05, 4.69) is 4.74 Å². The third kappa shape index (κ3) is 3.45. The minimum absolute atomic E-state index is 0.161. The number of carbonyl (C=O) groups is 4. The van der Waals surface area contributed by atoms with Crippen LogP contribution in [-0.4, -0.2) is 50.8 Å². The summed E-state index contributed by atoms with van der Waals surface area (Å²) >= 11 is 0.730. The van der Waals surface area contributed by atoms with Gasteiger partial charge in [0.1, 0.15) is 12.6 Å². The molecule has 1 atom stereocenters. The highest BCUT2D eigenvalue weighted by Gasteiger charge is 2.41. The number of carboxylic acid groups (broad SMARTS) is 1. The van der Waals surface area contributed by atoms with Gasteiger partial charge in [-0.05, 0) is 30.8 Å². The maximum atomic E-state index is 12.6. The fourth-order valence-corrected chi connectivity index (χ4v) is 3.80. The Hall–Kier alpha value is -3.07. The van der Waals surface area contributed by atoms with E-state index >= 15 is 0 Å². The molecule has 1 aliphatic heterocycles. The number of aromatic nitrogens is 1. The first-order valence-corrected chi connectivity index (χ1v) is 8.79. The minimum atomic E-state index is -1.03. The molecule has 2 amide bonds. The lowest BCUT2D eigenvalue weighted by atomic mass is 10.1. The van der Waals surface area contributed by atoms with Crippen LogP contribution in [0.5, 0.6) is 0 Å². The monoisotopic (exact) mass is 388 g/mol. The van der Waals surface area contributed by atoms with E-state index in [0.29, 0.717) is 11.1 Å². The molecule has 140 valence electrons. The zero-order valence-corrected chi connectivity index (χ0v) is 15.4. The highest BCUT2D eigenvalue weighted by molar-refractivity contribution is 8.18. The molecule has 1 N–H and O–H groups in total. The molecule has 8 nitrogen and oxygen atoms in total. The van der Waals surface area contributed by atoms with Gasteiger partial charge in [0.2, 0.25) is 0 Å². The van der Waals surface area contributed by atoms with Crippen molar-refractivity contribution in [3.05, 3.63) is 40.9 Å². The average Bonchev–Trinajstić information content (AvgIpc) is 3.11. The van der Waals surface area contributed by atoms with E-state index < -0.39 is 29.1 Å². The summed E-state index contributed by atoms with van der Waals surface area (Å²) in [5.74, 6) is -2.26. The van der Waals surface area contributed by atoms with Gasteiger partial charge >= 0.3 is 11.9 Å². The number of amides is 2. The van der Waals surface area contributed by atoms with E-state index in [1.54, 1.807) is 35.0 Å². The van der Waals surface area contributed by atoms with E-state index in [9.17, 15) is 19.2 Å². The Kier molecular flexibility index (Phi) is 5.04. The van der Waals surface area contributed by atoms with Crippen LogP contribution in [0.1, 0.15) is 12.5 Å². The van der Waals surface area contributed by atoms with Gasteiger partial charge in [-0.25, -0.2) is 4.79 Å². The second-order valence-electron chi connectivity index (χ2n) is 5.87. The van der Waals surface area contributed by atoms with Crippen molar-refractivity contribution in [2.45, 2.75) is 19.5 Å². The number of hydrogen-bond acceptors (Lipinski definition) is 6. The van der Waals surface area contributed by atoms with E-state index in [1.807, 2.05) is 0 Å². The average molecular weight is 388 g/mol. The quantitative estimate of drug-likeness (QED) is 0.619. The molecule has 2 heterocycles. The van der Waals surface area contributed by atoms with Gasteiger partial charge < -0.3 is 14.4 Å². The Morgan fingerprint density at radius 3 is 2.67 bits per heavy atom. The van der Waals surface area contributed by atoms with Gasteiger partial charge in [0.15, 0.2) is 0 Å². The van der Waals surface area contributed by atoms with Gasteiger partial charge in [-0.2, -0.15) is 0 Å². The zero-order chi connectivity index (χ0) is 19.7. The number of hydrogen-bond donors (Lipinski definition) is 1. The first-order valence-electron chi connectivity index (χ1n) is 7.98. The number of thioether (sulfide) groups is 1. The van der Waals surface area contributed by atoms with E-state index in [-0.39, 0.29) is 11.4 Å². The second-order valence-corrected chi connectivity index (χ2v) is 6.87. The SMILES string of the molecule is COC(=O)[C@@H](C)N1C(=O)S/C(=C\c2cn(CC(=O)O)c3ccccc23)C1=O. The molecule has 2 aromatic rings. The largest absolute Gasteiger partial charge is 0.480 e. The Balaban J connectivity index is 2.00. The summed E-state index contributed by atoms with van der Waals surface area (Å²) in [6.07, 6.45) is 3.16. The molecular formula is C18H16N2O6S. The minimum Gasteiger partial charge on any atom is -0.480 e. The third-order valence-electron chi connectivity index (χ3n) is 4.16. The van der Waals surface area contributed by atoms with Crippen LogP contribution in [0.4, 0.5) is 4.79 Å². The number of aliphatic carboxylic acids is 1. The second kappa shape index (κ2) is 7.28. The number of methoxy groups -OCH3 is 1. The molecule has 0 spiro atoms. The smallest absolute Gasteiger partial charge is 0.328 e. The number of ether oxygens (including phenoxy) is 1. The van der Waals surface area contributed by atoms with Crippen LogP contribution in [0.2, 0.25) is 0 Å². The number of benzene rings is 1. The standard InChI is InChI=1S/C18H16N2O6S/c1-10(17(24)26-2)20-16(23)14(27-18(20)25)7-11-8-19(9-15(21)22)13-6-4-3-5-12(11)13/h3-8,10H,9H2,1-2H3,(H,21,22)/b14-7-/t10-/m1/s1. The summed E-state index contributed by atoms with van der Waals surface area (Å²) in [5.41, 5.74) is 1.32. The molecule has 27 heavy (non-hydrogen) atoms. The fourth-order valence-electron chi connectivity index (χ4n) is 2.90. The molecular weight excluding hydrogens is 372 g/mol. The van der Waals surface area contributed by atoms with Crippen LogP contribution >= 0.6 is 11.8 Å². The van der Waals surface area contributed by atoms with Crippen molar-refractivity contribution in [2.24, 2.45) is 0 Å². The number of esters is 1. The Labute approximate surface area is 158 Å². The summed E-state index contributed by atoms with van der Waals surface area (Å²) < 4.78 is 6.16. The number of carboxylic acids is 1. The molecule has 0 radical (unpaired) electrons. The van der Waals surface area contributed by atoms with Crippen molar-refractivity contribution in [1.29, 1.82) is 0 Å². The van der Waals surface area contributed by atoms with Gasteiger partial charge in [0, 0.05) is 22.7 Å². The van der Waals surface area contributed by atoms with Crippen molar-refractivity contribution in [2.75, 3.05) is 7.11 Å². The molecule has 0 bridgehead atoms. The molecule has 1 fully saturated rings. The number of imide groups is 1. The molecule has 1 aromatic carbocycles. The maximum Gasteiger partial charge on any atom is 0.328 e. The van der Waals surface area contributed by atoms with Crippen molar-refractivity contribution in [3.8, 4) is 0 Å². The van der Waals surface area contributed by atoms with Crippen LogP contribution in [0.15, 0.2) is 35.4 Å². The molecule has 1 aliphatic rings. The summed E-state index contributed by atoms with van der Waals surface area (Å²) in [4.78, 5) is 48.6. The van der Waals surface area contributed by atoms with Gasteiger partial charge in [-0.15, -0.1) is 0 Å². The van der Waals surface area contributed by atoms with Crippen molar-refractivity contribution in [1.82, 2.24) is 9.47 Å². The first kappa shape index (κ1) is 18.7. The number of carbonyl (C=O) groups excluding carboxylic acids is 3. The van der Waals surface area contributed by atoms with Gasteiger partial charge in [0.25, 0.3) is 11.1 Å².